The van der Waals surface area contributed by atoms with Crippen LogP contribution in [0.15, 0.2) is 36.5 Å². The molecule has 5 nitrogen and oxygen atoms in total. The second kappa shape index (κ2) is 6.97. The Balaban J connectivity index is 1.64. The number of aromatic carboxylic acids is 1. The summed E-state index contributed by atoms with van der Waals surface area (Å²) in [6.45, 7) is 2.01. The molecule has 2 N–H and O–H groups in total. The van der Waals surface area contributed by atoms with Gasteiger partial charge in [0.2, 0.25) is 5.91 Å². The SMILES string of the molecule is Cc1cnc(C(NC(=O)C=Cc2ccc(C(=O)O)cc2)C2CC2)s1. The highest BCUT2D eigenvalue weighted by Gasteiger charge is 2.34. The monoisotopic (exact) mass is 342 g/mol. The van der Waals surface area contributed by atoms with Crippen LogP contribution in [0.4, 0.5) is 0 Å². The van der Waals surface area contributed by atoms with Crippen molar-refractivity contribution in [1.29, 1.82) is 0 Å². The number of aryl methyl sites for hydroxylation is 1. The minimum atomic E-state index is -0.964. The van der Waals surface area contributed by atoms with Gasteiger partial charge in [-0.25, -0.2) is 9.78 Å². The summed E-state index contributed by atoms with van der Waals surface area (Å²) in [5, 5.41) is 12.9. The highest BCUT2D eigenvalue weighted by atomic mass is 32.1. The van der Waals surface area contributed by atoms with Crippen molar-refractivity contribution < 1.29 is 14.7 Å². The van der Waals surface area contributed by atoms with E-state index in [0.717, 1.165) is 28.3 Å². The summed E-state index contributed by atoms with van der Waals surface area (Å²) < 4.78 is 0. The quantitative estimate of drug-likeness (QED) is 0.788. The molecular weight excluding hydrogens is 324 g/mol. The molecule has 124 valence electrons. The van der Waals surface area contributed by atoms with E-state index in [4.69, 9.17) is 5.11 Å². The highest BCUT2D eigenvalue weighted by Crippen LogP contribution is 2.42. The molecule has 0 aliphatic heterocycles. The number of nitrogens with one attached hydrogen (secondary N) is 1. The Labute approximate surface area is 144 Å². The van der Waals surface area contributed by atoms with E-state index in [2.05, 4.69) is 10.3 Å². The first kappa shape index (κ1) is 16.4. The number of carbonyl (C=O) groups excluding carboxylic acids is 1. The summed E-state index contributed by atoms with van der Waals surface area (Å²) >= 11 is 1.62. The van der Waals surface area contributed by atoms with Gasteiger partial charge in [-0.2, -0.15) is 0 Å². The van der Waals surface area contributed by atoms with Gasteiger partial charge < -0.3 is 10.4 Å². The third-order valence-electron chi connectivity index (χ3n) is 3.88. The van der Waals surface area contributed by atoms with Crippen molar-refractivity contribution in [3.63, 3.8) is 0 Å². The Kier molecular flexibility index (Phi) is 4.76. The number of carboxylic acid groups (broad SMARTS) is 1. The molecule has 0 radical (unpaired) electrons. The van der Waals surface area contributed by atoms with E-state index in [1.54, 1.807) is 29.5 Å². The fourth-order valence-corrected chi connectivity index (χ4v) is 3.36. The number of carboxylic acids is 1. The Bertz CT molecular complexity index is 776. The number of nitrogens with zero attached hydrogens (tertiary/aromatic N) is 1. The summed E-state index contributed by atoms with van der Waals surface area (Å²) in [4.78, 5) is 28.6. The Morgan fingerprint density at radius 1 is 1.33 bits per heavy atom. The zero-order chi connectivity index (χ0) is 17.1. The molecule has 1 aromatic carbocycles. The first-order valence-corrected chi connectivity index (χ1v) is 8.59. The van der Waals surface area contributed by atoms with Gasteiger partial charge in [0.25, 0.3) is 0 Å². The predicted octanol–water partition coefficient (Wildman–Crippen LogP) is 3.43. The molecule has 0 bridgehead atoms. The van der Waals surface area contributed by atoms with E-state index < -0.39 is 5.97 Å². The fraction of sp³-hybridized carbons (Fsp3) is 0.278. The average Bonchev–Trinajstić information content (AvgIpc) is 3.32. The van der Waals surface area contributed by atoms with Gasteiger partial charge in [0, 0.05) is 17.2 Å². The molecule has 3 rings (SSSR count). The van der Waals surface area contributed by atoms with Crippen LogP contribution in [0.2, 0.25) is 0 Å². The van der Waals surface area contributed by atoms with E-state index >= 15 is 0 Å². The van der Waals surface area contributed by atoms with E-state index in [9.17, 15) is 9.59 Å². The average molecular weight is 342 g/mol. The molecule has 2 aromatic rings. The van der Waals surface area contributed by atoms with Crippen LogP contribution in [0.1, 0.15) is 44.7 Å². The number of carbonyl (C=O) groups is 2. The van der Waals surface area contributed by atoms with Gasteiger partial charge in [-0.15, -0.1) is 11.3 Å². The molecule has 1 saturated carbocycles. The summed E-state index contributed by atoms with van der Waals surface area (Å²) in [6, 6.07) is 6.37. The minimum Gasteiger partial charge on any atom is -0.478 e. The third-order valence-corrected chi connectivity index (χ3v) is 4.88. The van der Waals surface area contributed by atoms with Gasteiger partial charge in [0.15, 0.2) is 0 Å². The smallest absolute Gasteiger partial charge is 0.335 e. The Hall–Kier alpha value is -2.47. The van der Waals surface area contributed by atoms with Crippen LogP contribution in [-0.2, 0) is 4.79 Å². The van der Waals surface area contributed by atoms with Gasteiger partial charge in [-0.3, -0.25) is 4.79 Å². The second-order valence-electron chi connectivity index (χ2n) is 5.89. The number of aromatic nitrogens is 1. The van der Waals surface area contributed by atoms with Crippen molar-refractivity contribution in [2.24, 2.45) is 5.92 Å². The van der Waals surface area contributed by atoms with Crippen molar-refractivity contribution in [1.82, 2.24) is 10.3 Å². The summed E-state index contributed by atoms with van der Waals surface area (Å²) in [5.41, 5.74) is 1.01. The van der Waals surface area contributed by atoms with Crippen LogP contribution in [0.5, 0.6) is 0 Å². The molecule has 1 amide bonds. The van der Waals surface area contributed by atoms with Crippen molar-refractivity contribution in [3.8, 4) is 0 Å². The maximum atomic E-state index is 12.2. The molecule has 1 fully saturated rings. The van der Waals surface area contributed by atoms with E-state index in [1.807, 2.05) is 13.1 Å². The van der Waals surface area contributed by atoms with Crippen LogP contribution < -0.4 is 5.32 Å². The molecule has 0 spiro atoms. The van der Waals surface area contributed by atoms with Gasteiger partial charge in [-0.1, -0.05) is 12.1 Å². The number of rotatable bonds is 6. The molecule has 6 heteroatoms. The number of thiazole rings is 1. The molecule has 1 aromatic heterocycles. The molecule has 1 heterocycles. The zero-order valence-corrected chi connectivity index (χ0v) is 14.0. The van der Waals surface area contributed by atoms with Gasteiger partial charge in [0.1, 0.15) is 5.01 Å². The van der Waals surface area contributed by atoms with Crippen LogP contribution in [0.25, 0.3) is 6.08 Å². The lowest BCUT2D eigenvalue weighted by Gasteiger charge is -2.14. The number of hydrogen-bond acceptors (Lipinski definition) is 4. The number of benzene rings is 1. The van der Waals surface area contributed by atoms with Crippen molar-refractivity contribution >= 4 is 29.3 Å². The second-order valence-corrected chi connectivity index (χ2v) is 7.16. The zero-order valence-electron chi connectivity index (χ0n) is 13.2. The fourth-order valence-electron chi connectivity index (χ4n) is 2.44. The standard InChI is InChI=1S/C18H18N2O3S/c1-11-10-19-17(24-11)16(13-7-8-13)20-15(21)9-4-12-2-5-14(6-3-12)18(22)23/h2-6,9-10,13,16H,7-8H2,1H3,(H,20,21)(H,22,23). The van der Waals surface area contributed by atoms with Gasteiger partial charge in [0.05, 0.1) is 11.6 Å². The Morgan fingerprint density at radius 3 is 2.58 bits per heavy atom. The molecule has 1 aliphatic carbocycles. The number of hydrogen-bond donors (Lipinski definition) is 2. The lowest BCUT2D eigenvalue weighted by atomic mass is 10.1. The maximum Gasteiger partial charge on any atom is 0.335 e. The van der Waals surface area contributed by atoms with Crippen LogP contribution in [0, 0.1) is 12.8 Å². The highest BCUT2D eigenvalue weighted by molar-refractivity contribution is 7.11. The first-order chi connectivity index (χ1) is 11.5. The van der Waals surface area contributed by atoms with E-state index in [1.165, 1.54) is 18.2 Å². The van der Waals surface area contributed by atoms with Crippen molar-refractivity contribution in [3.05, 3.63) is 57.6 Å². The van der Waals surface area contributed by atoms with Crippen LogP contribution in [0.3, 0.4) is 0 Å². The largest absolute Gasteiger partial charge is 0.478 e. The van der Waals surface area contributed by atoms with Gasteiger partial charge in [-0.05, 0) is 49.5 Å². The topological polar surface area (TPSA) is 79.3 Å². The molecule has 0 saturated heterocycles. The minimum absolute atomic E-state index is 0.0183. The van der Waals surface area contributed by atoms with E-state index in [-0.39, 0.29) is 17.5 Å². The molecule has 24 heavy (non-hydrogen) atoms. The normalized spacial score (nSPS) is 15.4. The molecule has 1 aliphatic rings. The van der Waals surface area contributed by atoms with Gasteiger partial charge >= 0.3 is 5.97 Å². The van der Waals surface area contributed by atoms with Crippen LogP contribution >= 0.6 is 11.3 Å². The lowest BCUT2D eigenvalue weighted by molar-refractivity contribution is -0.117. The summed E-state index contributed by atoms with van der Waals surface area (Å²) in [5.74, 6) is -0.654. The lowest BCUT2D eigenvalue weighted by Crippen LogP contribution is -2.28. The summed E-state index contributed by atoms with van der Waals surface area (Å²) in [6.07, 6.45) is 7.22. The molecule has 1 atom stereocenters. The third kappa shape index (κ3) is 4.08. The maximum absolute atomic E-state index is 12.2. The summed E-state index contributed by atoms with van der Waals surface area (Å²) in [7, 11) is 0. The van der Waals surface area contributed by atoms with Crippen LogP contribution in [-0.4, -0.2) is 22.0 Å². The molecule has 1 unspecified atom stereocenters. The van der Waals surface area contributed by atoms with Crippen molar-refractivity contribution in [2.45, 2.75) is 25.8 Å². The number of amides is 1. The first-order valence-electron chi connectivity index (χ1n) is 7.77. The molecular formula is C18H18N2O3S. The van der Waals surface area contributed by atoms with E-state index in [0.29, 0.717) is 5.92 Å². The Morgan fingerprint density at radius 2 is 2.04 bits per heavy atom. The predicted molar refractivity (Wildman–Crippen MR) is 92.9 cm³/mol. The van der Waals surface area contributed by atoms with Crippen molar-refractivity contribution in [2.75, 3.05) is 0 Å².